The molecule has 0 heterocycles. The fourth-order valence-corrected chi connectivity index (χ4v) is 7.91. The third-order valence-corrected chi connectivity index (χ3v) is 11.8. The monoisotopic (exact) mass is 962 g/mol. The van der Waals surface area contributed by atoms with Crippen LogP contribution in [0.3, 0.4) is 0 Å². The SMILES string of the molecule is COc1cc(-c2ccc(N/N=C3\C(=O)C(S(=O)(=O)[O-])=Cc4cc(S(=O)(=O)[O-])ccc43)c(OC)c2)ccc1N/N=C1\C(=O)C(S(=O)(=O)[O-])=Cc2cc(S(=O)(=O)[O-])ccc21.[Na+].[Na+].[Na+].[Na+]. The van der Waals surface area contributed by atoms with Crippen molar-refractivity contribution < 1.29 is 189 Å². The van der Waals surface area contributed by atoms with Gasteiger partial charge < -0.3 is 27.7 Å². The Bertz CT molecular complexity index is 2880. The third-order valence-electron chi connectivity index (χ3n) is 8.44. The zero-order valence-corrected chi connectivity index (χ0v) is 44.4. The molecular weight excluding hydrogens is 941 g/mol. The first-order valence-corrected chi connectivity index (χ1v) is 21.3. The molecule has 0 aromatic heterocycles. The Labute approximate surface area is 442 Å². The molecule has 0 saturated heterocycles. The molecule has 0 saturated carbocycles. The van der Waals surface area contributed by atoms with E-state index in [1.165, 1.54) is 38.5 Å². The van der Waals surface area contributed by atoms with Crippen molar-refractivity contribution in [3.8, 4) is 22.6 Å². The molecule has 4 aromatic carbocycles. The van der Waals surface area contributed by atoms with Gasteiger partial charge in [0.15, 0.2) is 0 Å². The summed E-state index contributed by atoms with van der Waals surface area (Å²) in [6.07, 6.45) is 1.30. The fourth-order valence-electron chi connectivity index (χ4n) is 5.71. The molecule has 0 spiro atoms. The summed E-state index contributed by atoms with van der Waals surface area (Å²) >= 11 is 0. The summed E-state index contributed by atoms with van der Waals surface area (Å²) in [4.78, 5) is 22.2. The largest absolute Gasteiger partial charge is 1.00 e. The molecule has 4 aromatic rings. The molecule has 0 atom stereocenters. The number of methoxy groups -OCH3 is 2. The van der Waals surface area contributed by atoms with Gasteiger partial charge in [0.2, 0.25) is 11.6 Å². The van der Waals surface area contributed by atoms with Crippen molar-refractivity contribution in [3.05, 3.63) is 105 Å². The number of rotatable bonds is 11. The molecule has 28 heteroatoms. The minimum atomic E-state index is -5.38. The van der Waals surface area contributed by atoms with Crippen molar-refractivity contribution in [1.29, 1.82) is 0 Å². The molecule has 0 aliphatic heterocycles. The van der Waals surface area contributed by atoms with Gasteiger partial charge in [0, 0.05) is 11.1 Å². The summed E-state index contributed by atoms with van der Waals surface area (Å²) in [6.45, 7) is 0. The summed E-state index contributed by atoms with van der Waals surface area (Å²) in [6, 6.07) is 14.6. The van der Waals surface area contributed by atoms with E-state index in [1.807, 2.05) is 0 Å². The number of ether oxygens (including phenoxy) is 2. The minimum Gasteiger partial charge on any atom is -0.744 e. The van der Waals surface area contributed by atoms with E-state index in [9.17, 15) is 61.5 Å². The predicted molar refractivity (Wildman–Crippen MR) is 199 cm³/mol. The van der Waals surface area contributed by atoms with Crippen LogP contribution in [0.1, 0.15) is 22.3 Å². The standard InChI is InChI=1S/C34H26N4O16S4.4Na/c1-53-27-13-17(3-9-25(27)35-37-31-23-7-5-21(55(41,42)43)11-19(23)15-29(33(31)39)57(47,48)49)18-4-10-26(28(14-18)54-2)36-38-32-24-8-6-22(56(44,45)46)12-20(24)16-30(34(32)40)58(50,51)52;;;;/h3-16,35-36H,1-2H3,(H,41,42,43)(H,44,45,46)(H,47,48,49)(H,50,51,52);;;;/q;4*+1/p-4/b37-31-,38-32-;;;;. The normalized spacial score (nSPS) is 14.9. The maximum Gasteiger partial charge on any atom is 1.00 e. The molecular formula is C34H22N4Na4O16S4. The maximum absolute atomic E-state index is 13.1. The Morgan fingerprint density at radius 1 is 0.484 bits per heavy atom. The molecule has 2 aliphatic rings. The number of nitrogens with one attached hydrogen (secondary N) is 2. The summed E-state index contributed by atoms with van der Waals surface area (Å²) < 4.78 is 152. The number of fused-ring (bicyclic) bond motifs is 2. The first-order valence-electron chi connectivity index (χ1n) is 15.7. The van der Waals surface area contributed by atoms with Crippen LogP contribution >= 0.6 is 0 Å². The van der Waals surface area contributed by atoms with Crippen LogP contribution in [-0.4, -0.2) is 89.1 Å². The third kappa shape index (κ3) is 12.2. The molecule has 62 heavy (non-hydrogen) atoms. The molecule has 0 bridgehead atoms. The Morgan fingerprint density at radius 2 is 0.823 bits per heavy atom. The van der Waals surface area contributed by atoms with Crippen LogP contribution in [0.2, 0.25) is 0 Å². The average Bonchev–Trinajstić information content (AvgIpc) is 3.14. The Balaban J connectivity index is 0.00000331. The molecule has 6 rings (SSSR count). The van der Waals surface area contributed by atoms with E-state index in [4.69, 9.17) is 9.47 Å². The van der Waals surface area contributed by atoms with Gasteiger partial charge in [-0.3, -0.25) is 20.4 Å². The van der Waals surface area contributed by atoms with Gasteiger partial charge in [0.1, 0.15) is 73.2 Å². The molecule has 0 unspecified atom stereocenters. The predicted octanol–water partition coefficient (Wildman–Crippen LogP) is -10.2. The number of Topliss-reactive ketones (excluding diaryl/α,β-unsaturated/α-hetero) is 2. The van der Waals surface area contributed by atoms with Gasteiger partial charge in [-0.1, -0.05) is 24.3 Å². The van der Waals surface area contributed by atoms with Crippen LogP contribution in [0.25, 0.3) is 23.3 Å². The number of nitrogens with zero attached hydrogens (tertiary/aromatic N) is 2. The van der Waals surface area contributed by atoms with E-state index in [0.717, 1.165) is 36.4 Å². The Hall–Kier alpha value is -2.12. The van der Waals surface area contributed by atoms with Crippen molar-refractivity contribution in [2.24, 2.45) is 10.2 Å². The molecule has 302 valence electrons. The van der Waals surface area contributed by atoms with E-state index < -0.39 is 83.1 Å². The number of hydrazone groups is 2. The van der Waals surface area contributed by atoms with Gasteiger partial charge in [0.25, 0.3) is 0 Å². The molecule has 0 radical (unpaired) electrons. The molecule has 0 fully saturated rings. The smallest absolute Gasteiger partial charge is 0.744 e. The van der Waals surface area contributed by atoms with Crippen molar-refractivity contribution in [2.75, 3.05) is 25.1 Å². The molecule has 0 amide bonds. The van der Waals surface area contributed by atoms with E-state index in [1.54, 1.807) is 12.1 Å². The van der Waals surface area contributed by atoms with Gasteiger partial charge in [-0.05, 0) is 82.9 Å². The van der Waals surface area contributed by atoms with Crippen LogP contribution in [0, 0.1) is 0 Å². The van der Waals surface area contributed by atoms with Crippen LogP contribution in [0.4, 0.5) is 11.4 Å². The maximum atomic E-state index is 13.1. The first kappa shape index (κ1) is 56.0. The van der Waals surface area contributed by atoms with Gasteiger partial charge >= 0.3 is 118 Å². The van der Waals surface area contributed by atoms with Crippen molar-refractivity contribution in [3.63, 3.8) is 0 Å². The number of carbonyl (C=O) groups is 2. The Kier molecular flexibility index (Phi) is 19.4. The van der Waals surface area contributed by atoms with E-state index in [2.05, 4.69) is 21.1 Å². The summed E-state index contributed by atoms with van der Waals surface area (Å²) in [5.74, 6) is -2.36. The van der Waals surface area contributed by atoms with Gasteiger partial charge in [-0.2, -0.15) is 10.2 Å². The summed E-state index contributed by atoms with van der Waals surface area (Å²) in [5, 5.41) is 8.00. The molecule has 2 aliphatic carbocycles. The fraction of sp³-hybridized carbons (Fsp3) is 0.0588. The Morgan fingerprint density at radius 3 is 1.11 bits per heavy atom. The summed E-state index contributed by atoms with van der Waals surface area (Å²) in [7, 11) is -18.2. The zero-order valence-electron chi connectivity index (χ0n) is 33.1. The van der Waals surface area contributed by atoms with E-state index >= 15 is 0 Å². The van der Waals surface area contributed by atoms with Crippen LogP contribution in [0.15, 0.2) is 103 Å². The number of benzene rings is 4. The van der Waals surface area contributed by atoms with E-state index in [-0.39, 0.29) is 163 Å². The van der Waals surface area contributed by atoms with Crippen molar-refractivity contribution in [2.45, 2.75) is 9.79 Å². The quantitative estimate of drug-likeness (QED) is 0.0801. The van der Waals surface area contributed by atoms with Crippen molar-refractivity contribution in [1.82, 2.24) is 0 Å². The molecule has 2 N–H and O–H groups in total. The number of anilines is 2. The zero-order chi connectivity index (χ0) is 42.5. The molecule has 20 nitrogen and oxygen atoms in total. The minimum absolute atomic E-state index is 0. The second kappa shape index (κ2) is 21.5. The van der Waals surface area contributed by atoms with Crippen LogP contribution in [-0.2, 0) is 50.1 Å². The van der Waals surface area contributed by atoms with Gasteiger partial charge in [-0.15, -0.1) is 0 Å². The van der Waals surface area contributed by atoms with Gasteiger partial charge in [0.05, 0.1) is 35.4 Å². The van der Waals surface area contributed by atoms with Crippen molar-refractivity contribution >= 4 is 87.0 Å². The second-order valence-electron chi connectivity index (χ2n) is 12.0. The van der Waals surface area contributed by atoms with Crippen LogP contribution < -0.4 is 139 Å². The average molecular weight is 963 g/mol. The number of allylic oxidation sites excluding steroid dienone is 2. The number of hydrogen-bond donors (Lipinski definition) is 2. The van der Waals surface area contributed by atoms with Gasteiger partial charge in [-0.25, -0.2) is 33.7 Å². The van der Waals surface area contributed by atoms with E-state index in [0.29, 0.717) is 23.3 Å². The number of carbonyl (C=O) groups excluding carboxylic acids is 2. The number of ketones is 2. The topological polar surface area (TPSA) is 330 Å². The second-order valence-corrected chi connectivity index (χ2v) is 17.4. The summed E-state index contributed by atoms with van der Waals surface area (Å²) in [5.41, 5.74) is 4.52. The first-order chi connectivity index (χ1) is 27.0. The number of hydrogen-bond acceptors (Lipinski definition) is 20. The van der Waals surface area contributed by atoms with Crippen LogP contribution in [0.5, 0.6) is 11.5 Å².